The molecule has 3 aromatic rings. The molecule has 1 N–H and O–H groups in total. The average molecular weight is 398 g/mol. The Balaban J connectivity index is 1.57. The highest BCUT2D eigenvalue weighted by Crippen LogP contribution is 2.23. The monoisotopic (exact) mass is 398 g/mol. The number of amides is 1. The zero-order chi connectivity index (χ0) is 19.7. The van der Waals surface area contributed by atoms with Gasteiger partial charge in [-0.3, -0.25) is 4.79 Å². The summed E-state index contributed by atoms with van der Waals surface area (Å²) in [4.78, 5) is 17.3. The third-order valence-corrected chi connectivity index (χ3v) is 6.87. The summed E-state index contributed by atoms with van der Waals surface area (Å²) in [5.74, 6) is 0.0238. The van der Waals surface area contributed by atoms with E-state index in [1.807, 2.05) is 30.3 Å². The van der Waals surface area contributed by atoms with E-state index >= 15 is 0 Å². The second-order valence-corrected chi connectivity index (χ2v) is 8.92. The van der Waals surface area contributed by atoms with Crippen LogP contribution in [0.2, 0.25) is 0 Å². The van der Waals surface area contributed by atoms with Crippen molar-refractivity contribution < 1.29 is 13.2 Å². The fraction of sp³-hybridized carbons (Fsp3) is 0.300. The van der Waals surface area contributed by atoms with Gasteiger partial charge in [0.25, 0.3) is 5.91 Å². The summed E-state index contributed by atoms with van der Waals surface area (Å²) in [5, 5.41) is 3.74. The molecule has 1 aliphatic heterocycles. The van der Waals surface area contributed by atoms with Crippen molar-refractivity contribution in [1.82, 2.24) is 13.9 Å². The number of carbonyl (C=O) groups is 1. The minimum absolute atomic E-state index is 0.147. The molecule has 1 saturated heterocycles. The summed E-state index contributed by atoms with van der Waals surface area (Å²) >= 11 is 0. The smallest absolute Gasteiger partial charge is 0.273 e. The quantitative estimate of drug-likeness (QED) is 0.732. The Hall–Kier alpha value is -2.71. The molecule has 1 amide bonds. The van der Waals surface area contributed by atoms with E-state index in [2.05, 4.69) is 10.3 Å². The number of aryl methyl sites for hydroxylation is 1. The van der Waals surface area contributed by atoms with Crippen LogP contribution in [0.5, 0.6) is 0 Å². The molecule has 8 heteroatoms. The molecule has 0 atom stereocenters. The standard InChI is InChI=1S/C20H22N4O3S/c1-23-14-16(28(26,27)24-11-5-2-6-12-24)13-18(23)20(25)22-19-10-9-15-7-3-4-8-17(15)21-19/h3-4,7-10,13-14H,2,5-6,11-12H2,1H3,(H,21,22,25). The number of hydrogen-bond donors (Lipinski definition) is 1. The van der Waals surface area contributed by atoms with Crippen LogP contribution >= 0.6 is 0 Å². The van der Waals surface area contributed by atoms with E-state index in [1.54, 1.807) is 13.1 Å². The Morgan fingerprint density at radius 1 is 1.07 bits per heavy atom. The number of nitrogens with one attached hydrogen (secondary N) is 1. The van der Waals surface area contributed by atoms with E-state index in [9.17, 15) is 13.2 Å². The first-order chi connectivity index (χ1) is 13.4. The highest BCUT2D eigenvalue weighted by atomic mass is 32.2. The Kier molecular flexibility index (Phi) is 4.91. The highest BCUT2D eigenvalue weighted by molar-refractivity contribution is 7.89. The van der Waals surface area contributed by atoms with Gasteiger partial charge in [0.05, 0.1) is 5.52 Å². The summed E-state index contributed by atoms with van der Waals surface area (Å²) in [7, 11) is -1.92. The predicted octanol–water partition coefficient (Wildman–Crippen LogP) is 3.00. The topological polar surface area (TPSA) is 84.3 Å². The molecule has 1 aromatic carbocycles. The van der Waals surface area contributed by atoms with Crippen LogP contribution in [0.15, 0.2) is 53.6 Å². The maximum atomic E-state index is 12.8. The lowest BCUT2D eigenvalue weighted by Gasteiger charge is -2.25. The van der Waals surface area contributed by atoms with Crippen LogP contribution < -0.4 is 5.32 Å². The number of rotatable bonds is 4. The molecule has 0 radical (unpaired) electrons. The van der Waals surface area contributed by atoms with E-state index in [-0.39, 0.29) is 10.6 Å². The molecule has 0 bridgehead atoms. The zero-order valence-corrected chi connectivity index (χ0v) is 16.4. The first kappa shape index (κ1) is 18.6. The van der Waals surface area contributed by atoms with Crippen molar-refractivity contribution in [1.29, 1.82) is 0 Å². The van der Waals surface area contributed by atoms with E-state index in [0.717, 1.165) is 30.2 Å². The van der Waals surface area contributed by atoms with Gasteiger partial charge in [0, 0.05) is 31.7 Å². The van der Waals surface area contributed by atoms with E-state index in [0.29, 0.717) is 18.9 Å². The fourth-order valence-electron chi connectivity index (χ4n) is 3.47. The second kappa shape index (κ2) is 7.37. The SMILES string of the molecule is Cn1cc(S(=O)(=O)N2CCCCC2)cc1C(=O)Nc1ccc2ccccc2n1. The summed E-state index contributed by atoms with van der Waals surface area (Å²) < 4.78 is 28.7. The van der Waals surface area contributed by atoms with Crippen molar-refractivity contribution in [3.63, 3.8) is 0 Å². The Morgan fingerprint density at radius 2 is 1.82 bits per heavy atom. The van der Waals surface area contributed by atoms with Crippen LogP contribution in [-0.2, 0) is 17.1 Å². The molecule has 7 nitrogen and oxygen atoms in total. The maximum absolute atomic E-state index is 12.8. The largest absolute Gasteiger partial charge is 0.345 e. The number of benzene rings is 1. The van der Waals surface area contributed by atoms with Crippen molar-refractivity contribution in [2.45, 2.75) is 24.2 Å². The van der Waals surface area contributed by atoms with Gasteiger partial charge in [-0.1, -0.05) is 24.6 Å². The molecule has 0 spiro atoms. The number of sulfonamides is 1. The van der Waals surface area contributed by atoms with Crippen molar-refractivity contribution in [2.24, 2.45) is 7.05 Å². The van der Waals surface area contributed by atoms with Crippen LogP contribution in [0.3, 0.4) is 0 Å². The molecule has 3 heterocycles. The van der Waals surface area contributed by atoms with Crippen LogP contribution in [0.4, 0.5) is 5.82 Å². The number of para-hydroxylation sites is 1. The Bertz CT molecular complexity index is 1130. The van der Waals surface area contributed by atoms with Crippen LogP contribution in [-0.4, -0.2) is 41.3 Å². The fourth-order valence-corrected chi connectivity index (χ4v) is 5.06. The summed E-state index contributed by atoms with van der Waals surface area (Å²) in [6.45, 7) is 1.06. The number of anilines is 1. The first-order valence-electron chi connectivity index (χ1n) is 9.29. The van der Waals surface area contributed by atoms with Crippen LogP contribution in [0.25, 0.3) is 10.9 Å². The van der Waals surface area contributed by atoms with Crippen molar-refractivity contribution in [2.75, 3.05) is 18.4 Å². The molecule has 2 aromatic heterocycles. The second-order valence-electron chi connectivity index (χ2n) is 6.98. The Labute approximate surface area is 164 Å². The number of pyridine rings is 1. The zero-order valence-electron chi connectivity index (χ0n) is 15.6. The summed E-state index contributed by atoms with van der Waals surface area (Å²) in [6.07, 6.45) is 4.28. The third kappa shape index (κ3) is 3.53. The molecule has 28 heavy (non-hydrogen) atoms. The predicted molar refractivity (Wildman–Crippen MR) is 108 cm³/mol. The number of nitrogens with zero attached hydrogens (tertiary/aromatic N) is 3. The van der Waals surface area contributed by atoms with Gasteiger partial charge in [-0.05, 0) is 37.1 Å². The molecule has 4 rings (SSSR count). The number of fused-ring (bicyclic) bond motifs is 1. The van der Waals surface area contributed by atoms with Gasteiger partial charge in [0.2, 0.25) is 10.0 Å². The van der Waals surface area contributed by atoms with Gasteiger partial charge in [-0.25, -0.2) is 13.4 Å². The van der Waals surface area contributed by atoms with Gasteiger partial charge >= 0.3 is 0 Å². The lowest BCUT2D eigenvalue weighted by molar-refractivity contribution is 0.101. The van der Waals surface area contributed by atoms with Gasteiger partial charge < -0.3 is 9.88 Å². The van der Waals surface area contributed by atoms with Gasteiger partial charge in [0.15, 0.2) is 0 Å². The lowest BCUT2D eigenvalue weighted by atomic mass is 10.2. The lowest BCUT2D eigenvalue weighted by Crippen LogP contribution is -2.35. The third-order valence-electron chi connectivity index (χ3n) is 5.01. The number of piperidine rings is 1. The molecule has 0 aliphatic carbocycles. The molecular formula is C20H22N4O3S. The average Bonchev–Trinajstić information content (AvgIpc) is 3.11. The van der Waals surface area contributed by atoms with Crippen molar-refractivity contribution in [3.05, 3.63) is 54.4 Å². The maximum Gasteiger partial charge on any atom is 0.273 e. The molecule has 0 unspecified atom stereocenters. The summed E-state index contributed by atoms with van der Waals surface area (Å²) in [5.41, 5.74) is 1.05. The van der Waals surface area contributed by atoms with Crippen molar-refractivity contribution in [3.8, 4) is 0 Å². The molecule has 1 fully saturated rings. The van der Waals surface area contributed by atoms with Gasteiger partial charge in [-0.2, -0.15) is 4.31 Å². The summed E-state index contributed by atoms with van der Waals surface area (Å²) in [6, 6.07) is 12.7. The van der Waals surface area contributed by atoms with E-state index in [1.165, 1.54) is 21.1 Å². The molecular weight excluding hydrogens is 376 g/mol. The van der Waals surface area contributed by atoms with E-state index < -0.39 is 15.9 Å². The first-order valence-corrected chi connectivity index (χ1v) is 10.7. The van der Waals surface area contributed by atoms with Crippen LogP contribution in [0, 0.1) is 0 Å². The highest BCUT2D eigenvalue weighted by Gasteiger charge is 2.28. The minimum Gasteiger partial charge on any atom is -0.345 e. The normalized spacial score (nSPS) is 15.6. The molecule has 1 aliphatic rings. The van der Waals surface area contributed by atoms with Gasteiger partial charge in [0.1, 0.15) is 16.4 Å². The van der Waals surface area contributed by atoms with Gasteiger partial charge in [-0.15, -0.1) is 0 Å². The van der Waals surface area contributed by atoms with Crippen molar-refractivity contribution >= 4 is 32.7 Å². The minimum atomic E-state index is -3.58. The molecule has 146 valence electrons. The van der Waals surface area contributed by atoms with Crippen LogP contribution in [0.1, 0.15) is 29.8 Å². The molecule has 0 saturated carbocycles. The number of carbonyl (C=O) groups excluding carboxylic acids is 1. The number of hydrogen-bond acceptors (Lipinski definition) is 4. The van der Waals surface area contributed by atoms with E-state index in [4.69, 9.17) is 0 Å². The Morgan fingerprint density at radius 3 is 2.61 bits per heavy atom. The number of aromatic nitrogens is 2.